The molecular weight excluding hydrogens is 346 g/mol. The van der Waals surface area contributed by atoms with Gasteiger partial charge in [0.2, 0.25) is 0 Å². The first-order chi connectivity index (χ1) is 13.2. The molecule has 5 atom stereocenters. The Hall–Kier alpha value is -2.41. The van der Waals surface area contributed by atoms with Crippen molar-refractivity contribution in [1.29, 1.82) is 0 Å². The Bertz CT molecular complexity index is 752. The monoisotopic (exact) mass is 369 g/mol. The Kier molecular flexibility index (Phi) is 6.81. The van der Waals surface area contributed by atoms with Crippen LogP contribution < -0.4 is 0 Å². The number of azide groups is 1. The molecule has 1 saturated heterocycles. The number of rotatable bonds is 7. The van der Waals surface area contributed by atoms with Crippen LogP contribution in [0.4, 0.5) is 0 Å². The number of nitrogens with zero attached hydrogens (tertiary/aromatic N) is 3. The molecule has 27 heavy (non-hydrogen) atoms. The van der Waals surface area contributed by atoms with Gasteiger partial charge in [-0.25, -0.2) is 0 Å². The van der Waals surface area contributed by atoms with E-state index in [1.807, 2.05) is 60.7 Å². The zero-order valence-electron chi connectivity index (χ0n) is 15.1. The molecule has 1 aliphatic heterocycles. The lowest BCUT2D eigenvalue weighted by atomic mass is 9.97. The molecule has 1 unspecified atom stereocenters. The highest BCUT2D eigenvalue weighted by atomic mass is 16.7. The maximum atomic E-state index is 10.4. The normalized spacial score (nSPS) is 27.7. The van der Waals surface area contributed by atoms with E-state index in [-0.39, 0.29) is 6.61 Å². The summed E-state index contributed by atoms with van der Waals surface area (Å²) in [6.07, 6.45) is -3.08. The fourth-order valence-electron chi connectivity index (χ4n) is 3.12. The quantitative estimate of drug-likeness (QED) is 0.458. The van der Waals surface area contributed by atoms with Gasteiger partial charge in [-0.1, -0.05) is 65.8 Å². The Labute approximate surface area is 158 Å². The van der Waals surface area contributed by atoms with E-state index in [9.17, 15) is 5.11 Å². The first-order valence-corrected chi connectivity index (χ1v) is 8.88. The van der Waals surface area contributed by atoms with Gasteiger partial charge in [0.1, 0.15) is 12.2 Å². The van der Waals surface area contributed by atoms with E-state index in [1.54, 1.807) is 6.92 Å². The summed E-state index contributed by atoms with van der Waals surface area (Å²) in [5, 5.41) is 14.2. The molecule has 1 N–H and O–H groups in total. The Morgan fingerprint density at radius 1 is 0.963 bits per heavy atom. The molecule has 7 nitrogen and oxygen atoms in total. The second kappa shape index (κ2) is 9.50. The molecule has 0 bridgehead atoms. The van der Waals surface area contributed by atoms with Crippen molar-refractivity contribution in [3.05, 3.63) is 82.2 Å². The zero-order chi connectivity index (χ0) is 19.1. The van der Waals surface area contributed by atoms with Crippen LogP contribution in [-0.4, -0.2) is 35.8 Å². The van der Waals surface area contributed by atoms with Crippen molar-refractivity contribution < 1.29 is 19.3 Å². The van der Waals surface area contributed by atoms with Gasteiger partial charge in [0.05, 0.1) is 25.4 Å². The van der Waals surface area contributed by atoms with Crippen LogP contribution in [0.1, 0.15) is 18.1 Å². The number of ether oxygens (including phenoxy) is 3. The van der Waals surface area contributed by atoms with Crippen LogP contribution in [0.2, 0.25) is 0 Å². The Morgan fingerprint density at radius 3 is 2.00 bits per heavy atom. The average molecular weight is 369 g/mol. The molecule has 1 heterocycles. The average Bonchev–Trinajstić information content (AvgIpc) is 2.69. The van der Waals surface area contributed by atoms with Crippen molar-refractivity contribution in [2.75, 3.05) is 0 Å². The minimum atomic E-state index is -1.17. The summed E-state index contributed by atoms with van der Waals surface area (Å²) < 4.78 is 17.5. The zero-order valence-corrected chi connectivity index (χ0v) is 15.1. The second-order valence-electron chi connectivity index (χ2n) is 6.45. The summed E-state index contributed by atoms with van der Waals surface area (Å²) in [7, 11) is 0. The van der Waals surface area contributed by atoms with Crippen LogP contribution in [0.25, 0.3) is 10.4 Å². The Balaban J connectivity index is 1.76. The minimum absolute atomic E-state index is 0.286. The fourth-order valence-corrected chi connectivity index (χ4v) is 3.12. The largest absolute Gasteiger partial charge is 0.370 e. The van der Waals surface area contributed by atoms with Crippen LogP contribution in [0, 0.1) is 0 Å². The summed E-state index contributed by atoms with van der Waals surface area (Å²) in [6.45, 7) is 2.34. The van der Waals surface area contributed by atoms with E-state index >= 15 is 0 Å². The standard InChI is InChI=1S/C20H23N3O4/c1-14-17(22-23-21)18(25-12-15-8-4-2-5-9-15)19(20(24)27-14)26-13-16-10-6-3-7-11-16/h2-11,14,17-20,24H,12-13H2,1H3/t14-,17+,18+,19-,20?/m1/s1. The summed E-state index contributed by atoms with van der Waals surface area (Å²) in [4.78, 5) is 2.92. The topological polar surface area (TPSA) is 96.7 Å². The third-order valence-electron chi connectivity index (χ3n) is 4.53. The molecule has 0 aromatic heterocycles. The predicted octanol–water partition coefficient (Wildman–Crippen LogP) is 3.57. The molecule has 142 valence electrons. The smallest absolute Gasteiger partial charge is 0.184 e. The second-order valence-corrected chi connectivity index (χ2v) is 6.45. The number of aliphatic hydroxyl groups is 1. The molecule has 3 rings (SSSR count). The fraction of sp³-hybridized carbons (Fsp3) is 0.400. The molecule has 0 amide bonds. The number of hydrogen-bond acceptors (Lipinski definition) is 5. The highest BCUT2D eigenvalue weighted by Crippen LogP contribution is 2.28. The van der Waals surface area contributed by atoms with E-state index in [0.29, 0.717) is 6.61 Å². The molecule has 0 aliphatic carbocycles. The van der Waals surface area contributed by atoms with Gasteiger partial charge in [0.25, 0.3) is 0 Å². The van der Waals surface area contributed by atoms with Crippen LogP contribution in [-0.2, 0) is 27.4 Å². The Morgan fingerprint density at radius 2 is 1.48 bits per heavy atom. The third-order valence-corrected chi connectivity index (χ3v) is 4.53. The van der Waals surface area contributed by atoms with Crippen molar-refractivity contribution in [1.82, 2.24) is 0 Å². The third kappa shape index (κ3) is 5.07. The van der Waals surface area contributed by atoms with E-state index in [1.165, 1.54) is 0 Å². The number of benzene rings is 2. The van der Waals surface area contributed by atoms with Crippen LogP contribution >= 0.6 is 0 Å². The van der Waals surface area contributed by atoms with Crippen molar-refractivity contribution >= 4 is 0 Å². The number of hydrogen-bond donors (Lipinski definition) is 1. The molecular formula is C20H23N3O4. The first kappa shape index (κ1) is 19.4. The highest BCUT2D eigenvalue weighted by Gasteiger charge is 2.45. The lowest BCUT2D eigenvalue weighted by Crippen LogP contribution is -2.57. The van der Waals surface area contributed by atoms with Gasteiger partial charge in [0.15, 0.2) is 6.29 Å². The van der Waals surface area contributed by atoms with E-state index in [4.69, 9.17) is 19.7 Å². The highest BCUT2D eigenvalue weighted by molar-refractivity contribution is 5.14. The molecule has 1 fully saturated rings. The molecule has 0 spiro atoms. The summed E-state index contributed by atoms with van der Waals surface area (Å²) in [6, 6.07) is 18.7. The summed E-state index contributed by atoms with van der Waals surface area (Å²) in [5.41, 5.74) is 10.9. The molecule has 7 heteroatoms. The van der Waals surface area contributed by atoms with Gasteiger partial charge in [-0.05, 0) is 23.6 Å². The van der Waals surface area contributed by atoms with Gasteiger partial charge in [-0.3, -0.25) is 0 Å². The van der Waals surface area contributed by atoms with E-state index in [0.717, 1.165) is 11.1 Å². The van der Waals surface area contributed by atoms with E-state index < -0.39 is 30.6 Å². The van der Waals surface area contributed by atoms with Gasteiger partial charge in [0, 0.05) is 4.91 Å². The molecule has 2 aromatic rings. The SMILES string of the molecule is C[C@H]1OC(O)[C@H](OCc2ccccc2)[C@@H](OCc2ccccc2)[C@H]1N=[N+]=[N-]. The molecule has 1 aliphatic rings. The van der Waals surface area contributed by atoms with Gasteiger partial charge >= 0.3 is 0 Å². The minimum Gasteiger partial charge on any atom is -0.370 e. The van der Waals surface area contributed by atoms with Crippen molar-refractivity contribution in [2.45, 2.75) is 50.8 Å². The maximum Gasteiger partial charge on any atom is 0.184 e. The molecule has 2 aromatic carbocycles. The van der Waals surface area contributed by atoms with Crippen LogP contribution in [0.15, 0.2) is 65.8 Å². The summed E-state index contributed by atoms with van der Waals surface area (Å²) in [5.74, 6) is 0. The van der Waals surface area contributed by atoms with Crippen molar-refractivity contribution in [3.63, 3.8) is 0 Å². The molecule has 0 saturated carbocycles. The lowest BCUT2D eigenvalue weighted by Gasteiger charge is -2.42. The van der Waals surface area contributed by atoms with Gasteiger partial charge < -0.3 is 19.3 Å². The first-order valence-electron chi connectivity index (χ1n) is 8.88. The number of aliphatic hydroxyl groups excluding tert-OH is 1. The lowest BCUT2D eigenvalue weighted by molar-refractivity contribution is -0.274. The maximum absolute atomic E-state index is 10.4. The predicted molar refractivity (Wildman–Crippen MR) is 99.5 cm³/mol. The van der Waals surface area contributed by atoms with Crippen molar-refractivity contribution in [3.8, 4) is 0 Å². The van der Waals surface area contributed by atoms with Crippen LogP contribution in [0.5, 0.6) is 0 Å². The van der Waals surface area contributed by atoms with Gasteiger partial charge in [-0.2, -0.15) is 0 Å². The molecule has 0 radical (unpaired) electrons. The van der Waals surface area contributed by atoms with E-state index in [2.05, 4.69) is 10.0 Å². The van der Waals surface area contributed by atoms with Crippen molar-refractivity contribution in [2.24, 2.45) is 5.11 Å². The van der Waals surface area contributed by atoms with Crippen LogP contribution in [0.3, 0.4) is 0 Å². The van der Waals surface area contributed by atoms with Gasteiger partial charge in [-0.15, -0.1) is 0 Å². The summed E-state index contributed by atoms with van der Waals surface area (Å²) >= 11 is 0.